The average molecular weight is 265 g/mol. The van der Waals surface area contributed by atoms with Crippen LogP contribution in [-0.4, -0.2) is 32.5 Å². The molecule has 0 spiro atoms. The summed E-state index contributed by atoms with van der Waals surface area (Å²) in [6, 6.07) is 6.10. The quantitative estimate of drug-likeness (QED) is 0.768. The summed E-state index contributed by atoms with van der Waals surface area (Å²) in [6.07, 6.45) is 1.35. The van der Waals surface area contributed by atoms with Crippen LogP contribution >= 0.6 is 0 Å². The van der Waals surface area contributed by atoms with Crippen LogP contribution in [-0.2, 0) is 11.3 Å². The molecule has 1 aromatic rings. The van der Waals surface area contributed by atoms with Crippen molar-refractivity contribution in [1.82, 2.24) is 5.32 Å². The molecule has 0 aliphatic carbocycles. The smallest absolute Gasteiger partial charge is 0.161 e. The standard InChI is InChI=1S/C15H23NO3/c1-12(2)17-7-3-6-16-11-13-4-5-14-15(10-13)19-9-8-18-14/h4-5,10,12,16H,3,6-9,11H2,1-2H3. The summed E-state index contributed by atoms with van der Waals surface area (Å²) in [4.78, 5) is 0. The van der Waals surface area contributed by atoms with E-state index in [0.717, 1.165) is 37.6 Å². The second-order valence-electron chi connectivity index (χ2n) is 4.93. The van der Waals surface area contributed by atoms with Gasteiger partial charge in [-0.2, -0.15) is 0 Å². The number of benzene rings is 1. The fourth-order valence-electron chi connectivity index (χ4n) is 1.95. The largest absolute Gasteiger partial charge is 0.486 e. The molecule has 0 unspecified atom stereocenters. The average Bonchev–Trinajstić information content (AvgIpc) is 2.42. The van der Waals surface area contributed by atoms with Gasteiger partial charge < -0.3 is 19.5 Å². The Labute approximate surface area is 115 Å². The second kappa shape index (κ2) is 7.36. The van der Waals surface area contributed by atoms with Crippen LogP contribution in [0.1, 0.15) is 25.8 Å². The second-order valence-corrected chi connectivity index (χ2v) is 4.93. The van der Waals surface area contributed by atoms with Crippen LogP contribution in [0, 0.1) is 0 Å². The van der Waals surface area contributed by atoms with E-state index in [0.29, 0.717) is 19.3 Å². The lowest BCUT2D eigenvalue weighted by Crippen LogP contribution is -2.18. The van der Waals surface area contributed by atoms with Gasteiger partial charge in [0.05, 0.1) is 6.10 Å². The van der Waals surface area contributed by atoms with E-state index in [1.165, 1.54) is 5.56 Å². The summed E-state index contributed by atoms with van der Waals surface area (Å²) in [5.74, 6) is 1.70. The van der Waals surface area contributed by atoms with Gasteiger partial charge in [-0.05, 0) is 44.5 Å². The molecule has 0 radical (unpaired) electrons. The lowest BCUT2D eigenvalue weighted by atomic mass is 10.2. The molecule has 0 bridgehead atoms. The number of ether oxygens (including phenoxy) is 3. The molecule has 0 atom stereocenters. The SMILES string of the molecule is CC(C)OCCCNCc1ccc2c(c1)OCCO2. The highest BCUT2D eigenvalue weighted by atomic mass is 16.6. The molecule has 1 aliphatic heterocycles. The zero-order chi connectivity index (χ0) is 13.5. The maximum atomic E-state index is 5.56. The lowest BCUT2D eigenvalue weighted by Gasteiger charge is -2.19. The Morgan fingerprint density at radius 3 is 2.79 bits per heavy atom. The molecule has 1 heterocycles. The molecular weight excluding hydrogens is 242 g/mol. The maximum absolute atomic E-state index is 5.56. The number of nitrogens with one attached hydrogen (secondary N) is 1. The first-order chi connectivity index (χ1) is 9.25. The highest BCUT2D eigenvalue weighted by Gasteiger charge is 2.11. The molecular formula is C15H23NO3. The first kappa shape index (κ1) is 14.2. The molecule has 19 heavy (non-hydrogen) atoms. The van der Waals surface area contributed by atoms with Crippen molar-refractivity contribution in [2.75, 3.05) is 26.4 Å². The van der Waals surface area contributed by atoms with Gasteiger partial charge in [0, 0.05) is 13.2 Å². The van der Waals surface area contributed by atoms with Gasteiger partial charge in [-0.1, -0.05) is 6.07 Å². The molecule has 2 rings (SSSR count). The Bertz CT molecular complexity index is 393. The molecule has 1 aliphatic rings. The third-order valence-electron chi connectivity index (χ3n) is 2.88. The van der Waals surface area contributed by atoms with E-state index >= 15 is 0 Å². The molecule has 0 saturated carbocycles. The first-order valence-electron chi connectivity index (χ1n) is 6.96. The minimum absolute atomic E-state index is 0.317. The zero-order valence-electron chi connectivity index (χ0n) is 11.8. The van der Waals surface area contributed by atoms with Crippen LogP contribution in [0.4, 0.5) is 0 Å². The Balaban J connectivity index is 1.68. The van der Waals surface area contributed by atoms with Crippen molar-refractivity contribution in [3.8, 4) is 11.5 Å². The van der Waals surface area contributed by atoms with Gasteiger partial charge >= 0.3 is 0 Å². The van der Waals surface area contributed by atoms with E-state index in [1.807, 2.05) is 12.1 Å². The van der Waals surface area contributed by atoms with Gasteiger partial charge in [0.25, 0.3) is 0 Å². The van der Waals surface area contributed by atoms with Crippen LogP contribution in [0.25, 0.3) is 0 Å². The zero-order valence-corrected chi connectivity index (χ0v) is 11.8. The van der Waals surface area contributed by atoms with Gasteiger partial charge in [0.2, 0.25) is 0 Å². The van der Waals surface area contributed by atoms with Crippen molar-refractivity contribution in [2.45, 2.75) is 32.9 Å². The van der Waals surface area contributed by atoms with Crippen LogP contribution in [0.5, 0.6) is 11.5 Å². The molecule has 4 nitrogen and oxygen atoms in total. The van der Waals surface area contributed by atoms with Crippen molar-refractivity contribution in [3.63, 3.8) is 0 Å². The number of hydrogen-bond donors (Lipinski definition) is 1. The number of fused-ring (bicyclic) bond motifs is 1. The van der Waals surface area contributed by atoms with Crippen molar-refractivity contribution in [3.05, 3.63) is 23.8 Å². The van der Waals surface area contributed by atoms with Crippen LogP contribution in [0.15, 0.2) is 18.2 Å². The molecule has 1 N–H and O–H groups in total. The first-order valence-corrected chi connectivity index (χ1v) is 6.96. The molecule has 4 heteroatoms. The van der Waals surface area contributed by atoms with Crippen LogP contribution in [0.3, 0.4) is 0 Å². The highest BCUT2D eigenvalue weighted by molar-refractivity contribution is 5.43. The molecule has 106 valence electrons. The van der Waals surface area contributed by atoms with Crippen molar-refractivity contribution < 1.29 is 14.2 Å². The fraction of sp³-hybridized carbons (Fsp3) is 0.600. The Hall–Kier alpha value is -1.26. The van der Waals surface area contributed by atoms with Crippen LogP contribution < -0.4 is 14.8 Å². The Morgan fingerprint density at radius 1 is 1.21 bits per heavy atom. The van der Waals surface area contributed by atoms with Gasteiger partial charge in [-0.15, -0.1) is 0 Å². The molecule has 1 aromatic carbocycles. The Morgan fingerprint density at radius 2 is 2.00 bits per heavy atom. The Kier molecular flexibility index (Phi) is 5.48. The predicted octanol–water partition coefficient (Wildman–Crippen LogP) is 2.36. The fourth-order valence-corrected chi connectivity index (χ4v) is 1.95. The third kappa shape index (κ3) is 4.73. The summed E-state index contributed by atoms with van der Waals surface area (Å²) < 4.78 is 16.6. The molecule has 0 saturated heterocycles. The van der Waals surface area contributed by atoms with Gasteiger partial charge in [0.15, 0.2) is 11.5 Å². The normalized spacial score (nSPS) is 13.8. The van der Waals surface area contributed by atoms with E-state index in [-0.39, 0.29) is 0 Å². The summed E-state index contributed by atoms with van der Waals surface area (Å²) in [6.45, 7) is 8.01. The van der Waals surface area contributed by atoms with Crippen molar-refractivity contribution >= 4 is 0 Å². The van der Waals surface area contributed by atoms with E-state index in [9.17, 15) is 0 Å². The predicted molar refractivity (Wildman–Crippen MR) is 74.8 cm³/mol. The van der Waals surface area contributed by atoms with Crippen molar-refractivity contribution in [2.24, 2.45) is 0 Å². The van der Waals surface area contributed by atoms with E-state index in [2.05, 4.69) is 25.2 Å². The highest BCUT2D eigenvalue weighted by Crippen LogP contribution is 2.30. The summed E-state index contributed by atoms with van der Waals surface area (Å²) in [5.41, 5.74) is 1.22. The molecule has 0 amide bonds. The third-order valence-corrected chi connectivity index (χ3v) is 2.88. The lowest BCUT2D eigenvalue weighted by molar-refractivity contribution is 0.0770. The number of hydrogen-bond acceptors (Lipinski definition) is 4. The van der Waals surface area contributed by atoms with Gasteiger partial charge in [0.1, 0.15) is 13.2 Å². The van der Waals surface area contributed by atoms with E-state index in [1.54, 1.807) is 0 Å². The maximum Gasteiger partial charge on any atom is 0.161 e. The van der Waals surface area contributed by atoms with Crippen molar-refractivity contribution in [1.29, 1.82) is 0 Å². The molecule has 0 aromatic heterocycles. The van der Waals surface area contributed by atoms with Gasteiger partial charge in [-0.25, -0.2) is 0 Å². The summed E-state index contributed by atoms with van der Waals surface area (Å²) in [5, 5.41) is 3.41. The van der Waals surface area contributed by atoms with E-state index in [4.69, 9.17) is 14.2 Å². The summed E-state index contributed by atoms with van der Waals surface area (Å²) in [7, 11) is 0. The topological polar surface area (TPSA) is 39.7 Å². The summed E-state index contributed by atoms with van der Waals surface area (Å²) >= 11 is 0. The molecule has 0 fully saturated rings. The van der Waals surface area contributed by atoms with E-state index < -0.39 is 0 Å². The van der Waals surface area contributed by atoms with Gasteiger partial charge in [-0.3, -0.25) is 0 Å². The number of rotatable bonds is 7. The minimum atomic E-state index is 0.317. The van der Waals surface area contributed by atoms with Crippen LogP contribution in [0.2, 0.25) is 0 Å². The minimum Gasteiger partial charge on any atom is -0.486 e. The monoisotopic (exact) mass is 265 g/mol.